The zero-order valence-electron chi connectivity index (χ0n) is 11.8. The summed E-state index contributed by atoms with van der Waals surface area (Å²) in [5.74, 6) is 1.05. The Labute approximate surface area is 115 Å². The molecule has 0 unspecified atom stereocenters. The Kier molecular flexibility index (Phi) is 5.61. The quantitative estimate of drug-likeness (QED) is 0.789. The number of nitrogens with one attached hydrogen (secondary N) is 1. The summed E-state index contributed by atoms with van der Waals surface area (Å²) in [6, 6.07) is 4.66. The molecular formula is C15H25N3O. The van der Waals surface area contributed by atoms with E-state index in [1.54, 1.807) is 0 Å². The molecule has 1 aliphatic carbocycles. The topological polar surface area (TPSA) is 48.4 Å². The number of hydrogen-bond acceptors (Lipinski definition) is 4. The molecule has 1 aliphatic rings. The lowest BCUT2D eigenvalue weighted by Gasteiger charge is -2.31. The molecule has 1 aromatic rings. The number of aliphatic hydroxyl groups excluding tert-OH is 1. The van der Waals surface area contributed by atoms with Crippen LogP contribution in [0.4, 0.5) is 5.82 Å². The molecule has 2 rings (SSSR count). The average molecular weight is 263 g/mol. The van der Waals surface area contributed by atoms with Crippen LogP contribution in [0.1, 0.15) is 38.2 Å². The number of pyridine rings is 1. The van der Waals surface area contributed by atoms with E-state index in [1.165, 1.54) is 31.2 Å². The highest BCUT2D eigenvalue weighted by molar-refractivity contribution is 5.48. The molecule has 1 heterocycles. The van der Waals surface area contributed by atoms with E-state index in [2.05, 4.69) is 28.2 Å². The Morgan fingerprint density at radius 1 is 1.42 bits per heavy atom. The van der Waals surface area contributed by atoms with Gasteiger partial charge < -0.3 is 15.3 Å². The maximum absolute atomic E-state index is 9.34. The molecule has 0 aliphatic heterocycles. The Morgan fingerprint density at radius 2 is 2.21 bits per heavy atom. The van der Waals surface area contributed by atoms with Gasteiger partial charge in [-0.15, -0.1) is 0 Å². The second-order valence-electron chi connectivity index (χ2n) is 5.12. The maximum atomic E-state index is 9.34. The van der Waals surface area contributed by atoms with Crippen LogP contribution < -0.4 is 10.2 Å². The van der Waals surface area contributed by atoms with Crippen LogP contribution in [0.2, 0.25) is 0 Å². The number of aromatic nitrogens is 1. The number of aliphatic hydroxyl groups is 1. The van der Waals surface area contributed by atoms with E-state index in [0.717, 1.165) is 18.9 Å². The fraction of sp³-hybridized carbons (Fsp3) is 0.667. The Morgan fingerprint density at radius 3 is 2.89 bits per heavy atom. The molecule has 0 atom stereocenters. The van der Waals surface area contributed by atoms with Crippen molar-refractivity contribution in [1.29, 1.82) is 0 Å². The highest BCUT2D eigenvalue weighted by Gasteiger charge is 2.24. The fourth-order valence-corrected chi connectivity index (χ4v) is 2.87. The van der Waals surface area contributed by atoms with Gasteiger partial charge in [0, 0.05) is 30.9 Å². The van der Waals surface area contributed by atoms with Crippen molar-refractivity contribution in [3.63, 3.8) is 0 Å². The molecule has 0 bridgehead atoms. The second kappa shape index (κ2) is 7.46. The third-order valence-corrected chi connectivity index (χ3v) is 3.81. The number of nitrogens with zero attached hydrogens (tertiary/aromatic N) is 2. The van der Waals surface area contributed by atoms with Gasteiger partial charge in [-0.25, -0.2) is 4.98 Å². The van der Waals surface area contributed by atoms with Crippen molar-refractivity contribution < 1.29 is 5.11 Å². The molecule has 4 nitrogen and oxygen atoms in total. The zero-order valence-corrected chi connectivity index (χ0v) is 11.8. The minimum absolute atomic E-state index is 0.188. The van der Waals surface area contributed by atoms with E-state index in [4.69, 9.17) is 0 Å². The van der Waals surface area contributed by atoms with Crippen LogP contribution in [0.3, 0.4) is 0 Å². The van der Waals surface area contributed by atoms with Crippen LogP contribution in [-0.2, 0) is 6.54 Å². The normalized spacial score (nSPS) is 15.9. The predicted molar refractivity (Wildman–Crippen MR) is 78.3 cm³/mol. The van der Waals surface area contributed by atoms with Gasteiger partial charge in [-0.2, -0.15) is 0 Å². The minimum atomic E-state index is 0.188. The van der Waals surface area contributed by atoms with E-state index in [0.29, 0.717) is 12.6 Å². The standard InChI is InChI=1S/C15H25N3O/c1-2-16-12-13-6-5-9-17-15(13)18(10-11-19)14-7-3-4-8-14/h5-6,9,14,16,19H,2-4,7-8,10-12H2,1H3. The first-order chi connectivity index (χ1) is 9.36. The van der Waals surface area contributed by atoms with Crippen molar-refractivity contribution in [1.82, 2.24) is 10.3 Å². The molecule has 1 fully saturated rings. The summed E-state index contributed by atoms with van der Waals surface area (Å²) in [6.07, 6.45) is 6.88. The summed E-state index contributed by atoms with van der Waals surface area (Å²) in [6.45, 7) is 4.78. The van der Waals surface area contributed by atoms with Crippen molar-refractivity contribution in [3.05, 3.63) is 23.9 Å². The van der Waals surface area contributed by atoms with Gasteiger partial charge in [0.25, 0.3) is 0 Å². The van der Waals surface area contributed by atoms with Crippen LogP contribution in [0, 0.1) is 0 Å². The average Bonchev–Trinajstić information content (AvgIpc) is 2.97. The molecule has 2 N–H and O–H groups in total. The monoisotopic (exact) mass is 263 g/mol. The smallest absolute Gasteiger partial charge is 0.133 e. The molecule has 0 aromatic carbocycles. The summed E-state index contributed by atoms with van der Waals surface area (Å²) < 4.78 is 0. The van der Waals surface area contributed by atoms with Gasteiger partial charge in [-0.3, -0.25) is 0 Å². The largest absolute Gasteiger partial charge is 0.395 e. The highest BCUT2D eigenvalue weighted by Crippen LogP contribution is 2.28. The van der Waals surface area contributed by atoms with Crippen molar-refractivity contribution in [2.75, 3.05) is 24.6 Å². The minimum Gasteiger partial charge on any atom is -0.395 e. The SMILES string of the molecule is CCNCc1cccnc1N(CCO)C1CCCC1. The highest BCUT2D eigenvalue weighted by atomic mass is 16.3. The third kappa shape index (κ3) is 3.67. The molecule has 19 heavy (non-hydrogen) atoms. The molecule has 0 radical (unpaired) electrons. The zero-order chi connectivity index (χ0) is 13.5. The van der Waals surface area contributed by atoms with Gasteiger partial charge in [0.2, 0.25) is 0 Å². The van der Waals surface area contributed by atoms with Gasteiger partial charge in [0.15, 0.2) is 0 Å². The van der Waals surface area contributed by atoms with E-state index in [1.807, 2.05) is 12.3 Å². The third-order valence-electron chi connectivity index (χ3n) is 3.81. The summed E-state index contributed by atoms with van der Waals surface area (Å²) in [5.41, 5.74) is 1.23. The predicted octanol–water partition coefficient (Wildman–Crippen LogP) is 1.93. The first-order valence-electron chi connectivity index (χ1n) is 7.39. The molecule has 1 saturated carbocycles. The van der Waals surface area contributed by atoms with Crippen molar-refractivity contribution in [3.8, 4) is 0 Å². The molecular weight excluding hydrogens is 238 g/mol. The van der Waals surface area contributed by atoms with E-state index >= 15 is 0 Å². The van der Waals surface area contributed by atoms with E-state index in [9.17, 15) is 5.11 Å². The first kappa shape index (κ1) is 14.3. The van der Waals surface area contributed by atoms with Crippen LogP contribution in [-0.4, -0.2) is 35.8 Å². The molecule has 0 saturated heterocycles. The van der Waals surface area contributed by atoms with Crippen molar-refractivity contribution in [2.45, 2.75) is 45.2 Å². The molecule has 0 amide bonds. The number of rotatable bonds is 7. The van der Waals surface area contributed by atoms with Gasteiger partial charge in [-0.05, 0) is 25.5 Å². The molecule has 106 valence electrons. The summed E-state index contributed by atoms with van der Waals surface area (Å²) in [4.78, 5) is 6.88. The van der Waals surface area contributed by atoms with Gasteiger partial charge in [-0.1, -0.05) is 25.8 Å². The number of hydrogen-bond donors (Lipinski definition) is 2. The van der Waals surface area contributed by atoms with Gasteiger partial charge in [0.1, 0.15) is 5.82 Å². The Hall–Kier alpha value is -1.13. The van der Waals surface area contributed by atoms with Crippen LogP contribution in [0.15, 0.2) is 18.3 Å². The van der Waals surface area contributed by atoms with Gasteiger partial charge >= 0.3 is 0 Å². The molecule has 0 spiro atoms. The lowest BCUT2D eigenvalue weighted by atomic mass is 10.1. The second-order valence-corrected chi connectivity index (χ2v) is 5.12. The van der Waals surface area contributed by atoms with Crippen LogP contribution in [0.25, 0.3) is 0 Å². The van der Waals surface area contributed by atoms with Crippen LogP contribution >= 0.6 is 0 Å². The summed E-state index contributed by atoms with van der Waals surface area (Å²) in [7, 11) is 0. The first-order valence-corrected chi connectivity index (χ1v) is 7.39. The Balaban J connectivity index is 2.19. The van der Waals surface area contributed by atoms with E-state index < -0.39 is 0 Å². The van der Waals surface area contributed by atoms with Crippen molar-refractivity contribution in [2.24, 2.45) is 0 Å². The van der Waals surface area contributed by atoms with Crippen molar-refractivity contribution >= 4 is 5.82 Å². The fourth-order valence-electron chi connectivity index (χ4n) is 2.87. The molecule has 1 aromatic heterocycles. The summed E-state index contributed by atoms with van der Waals surface area (Å²) in [5, 5.41) is 12.7. The van der Waals surface area contributed by atoms with Crippen LogP contribution in [0.5, 0.6) is 0 Å². The lowest BCUT2D eigenvalue weighted by Crippen LogP contribution is -2.37. The van der Waals surface area contributed by atoms with E-state index in [-0.39, 0.29) is 6.61 Å². The lowest BCUT2D eigenvalue weighted by molar-refractivity contribution is 0.296. The Bertz CT molecular complexity index is 377. The molecule has 4 heteroatoms. The maximum Gasteiger partial charge on any atom is 0.133 e. The van der Waals surface area contributed by atoms with Gasteiger partial charge in [0.05, 0.1) is 6.61 Å². The summed E-state index contributed by atoms with van der Waals surface area (Å²) >= 11 is 0. The number of anilines is 1.